The fraction of sp³-hybridized carbons (Fsp3) is 0.556. The zero-order valence-corrected chi connectivity index (χ0v) is 8.27. The summed E-state index contributed by atoms with van der Waals surface area (Å²) in [5, 5.41) is 15.1. The normalized spacial score (nSPS) is 20.6. The molecule has 1 aliphatic heterocycles. The quantitative estimate of drug-likeness (QED) is 0.700. The third-order valence-electron chi connectivity index (χ3n) is 2.30. The highest BCUT2D eigenvalue weighted by molar-refractivity contribution is 5.27. The Morgan fingerprint density at radius 3 is 3.20 bits per heavy atom. The van der Waals surface area contributed by atoms with Gasteiger partial charge in [-0.15, -0.1) is 0 Å². The molecule has 1 fully saturated rings. The van der Waals surface area contributed by atoms with Crippen molar-refractivity contribution in [2.75, 3.05) is 18.4 Å². The van der Waals surface area contributed by atoms with Gasteiger partial charge >= 0.3 is 0 Å². The van der Waals surface area contributed by atoms with E-state index in [4.69, 9.17) is 5.26 Å². The van der Waals surface area contributed by atoms with Crippen LogP contribution in [0.4, 0.5) is 5.95 Å². The van der Waals surface area contributed by atoms with Crippen molar-refractivity contribution < 1.29 is 0 Å². The van der Waals surface area contributed by atoms with E-state index in [0.29, 0.717) is 12.0 Å². The van der Waals surface area contributed by atoms with Crippen molar-refractivity contribution in [3.05, 3.63) is 12.2 Å². The summed E-state index contributed by atoms with van der Waals surface area (Å²) in [4.78, 5) is 11.6. The number of hydrogen-bond donors (Lipinski definition) is 2. The lowest BCUT2D eigenvalue weighted by Crippen LogP contribution is -2.38. The van der Waals surface area contributed by atoms with Crippen LogP contribution in [0.25, 0.3) is 0 Å². The second kappa shape index (κ2) is 4.66. The van der Waals surface area contributed by atoms with Gasteiger partial charge in [-0.1, -0.05) is 0 Å². The summed E-state index contributed by atoms with van der Waals surface area (Å²) in [6, 6.07) is 2.23. The van der Waals surface area contributed by atoms with Crippen molar-refractivity contribution in [2.45, 2.75) is 18.9 Å². The smallest absolute Gasteiger partial charge is 0.236 e. The van der Waals surface area contributed by atoms with Crippen molar-refractivity contribution in [3.63, 3.8) is 0 Å². The van der Waals surface area contributed by atoms with E-state index in [2.05, 4.69) is 25.6 Å². The molecule has 1 aliphatic rings. The lowest BCUT2D eigenvalue weighted by Gasteiger charge is -2.23. The molecule has 1 aromatic heterocycles. The molecule has 2 rings (SSSR count). The largest absolute Gasteiger partial charge is 0.350 e. The van der Waals surface area contributed by atoms with E-state index in [0.717, 1.165) is 25.9 Å². The molecule has 15 heavy (non-hydrogen) atoms. The first-order valence-electron chi connectivity index (χ1n) is 4.95. The first-order chi connectivity index (χ1) is 7.38. The second-order valence-electron chi connectivity index (χ2n) is 3.43. The van der Waals surface area contributed by atoms with E-state index in [1.165, 1.54) is 6.33 Å². The zero-order valence-electron chi connectivity index (χ0n) is 8.27. The summed E-state index contributed by atoms with van der Waals surface area (Å²) in [6.45, 7) is 1.98. The number of anilines is 1. The first-order valence-corrected chi connectivity index (χ1v) is 4.95. The third kappa shape index (κ3) is 2.60. The van der Waals surface area contributed by atoms with Crippen LogP contribution in [0.2, 0.25) is 0 Å². The van der Waals surface area contributed by atoms with Gasteiger partial charge in [0, 0.05) is 12.6 Å². The zero-order chi connectivity index (χ0) is 10.5. The first kappa shape index (κ1) is 9.80. The summed E-state index contributed by atoms with van der Waals surface area (Å²) in [5.74, 6) is 0.631. The van der Waals surface area contributed by atoms with Crippen LogP contribution in [0.3, 0.4) is 0 Å². The highest BCUT2D eigenvalue weighted by atomic mass is 15.2. The Labute approximate surface area is 87.8 Å². The van der Waals surface area contributed by atoms with Crippen LogP contribution in [0.5, 0.6) is 0 Å². The second-order valence-corrected chi connectivity index (χ2v) is 3.43. The van der Waals surface area contributed by atoms with Crippen LogP contribution in [0, 0.1) is 11.3 Å². The Bertz CT molecular complexity index is 365. The standard InChI is InChI=1S/C9H12N6/c10-4-8-12-6-13-9(15-8)14-7-2-1-3-11-5-7/h6-7,11H,1-3,5H2,(H,12,13,14,15). The summed E-state index contributed by atoms with van der Waals surface area (Å²) < 4.78 is 0. The number of nitrogens with one attached hydrogen (secondary N) is 2. The number of piperidine rings is 1. The number of hydrogen-bond acceptors (Lipinski definition) is 6. The molecule has 1 atom stereocenters. The number of rotatable bonds is 2. The maximum atomic E-state index is 8.62. The van der Waals surface area contributed by atoms with E-state index in [-0.39, 0.29) is 5.82 Å². The van der Waals surface area contributed by atoms with Crippen molar-refractivity contribution in [1.29, 1.82) is 5.26 Å². The minimum atomic E-state index is 0.149. The molecular formula is C9H12N6. The van der Waals surface area contributed by atoms with Crippen LogP contribution >= 0.6 is 0 Å². The summed E-state index contributed by atoms with van der Waals surface area (Å²) >= 11 is 0. The Kier molecular flexibility index (Phi) is 3.05. The average molecular weight is 204 g/mol. The van der Waals surface area contributed by atoms with Crippen LogP contribution < -0.4 is 10.6 Å². The van der Waals surface area contributed by atoms with Crippen LogP contribution in [0.15, 0.2) is 6.33 Å². The molecule has 78 valence electrons. The molecule has 0 aliphatic carbocycles. The van der Waals surface area contributed by atoms with Gasteiger partial charge in [0.05, 0.1) is 0 Å². The maximum Gasteiger partial charge on any atom is 0.236 e. The number of aromatic nitrogens is 3. The molecule has 1 unspecified atom stereocenters. The highest BCUT2D eigenvalue weighted by Crippen LogP contribution is 2.07. The van der Waals surface area contributed by atoms with Gasteiger partial charge in [0.2, 0.25) is 11.8 Å². The number of nitriles is 1. The molecule has 0 radical (unpaired) electrons. The Balaban J connectivity index is 2.00. The topological polar surface area (TPSA) is 86.5 Å². The van der Waals surface area contributed by atoms with Crippen molar-refractivity contribution in [3.8, 4) is 6.07 Å². The lowest BCUT2D eigenvalue weighted by molar-refractivity contribution is 0.477. The SMILES string of the molecule is N#Cc1ncnc(NC2CCCNC2)n1. The molecule has 0 saturated carbocycles. The van der Waals surface area contributed by atoms with Crippen LogP contribution in [-0.2, 0) is 0 Å². The van der Waals surface area contributed by atoms with Crippen molar-refractivity contribution >= 4 is 5.95 Å². The molecule has 1 saturated heterocycles. The molecule has 1 aromatic rings. The number of nitrogens with zero attached hydrogens (tertiary/aromatic N) is 4. The monoisotopic (exact) mass is 204 g/mol. The minimum absolute atomic E-state index is 0.149. The van der Waals surface area contributed by atoms with E-state index in [1.54, 1.807) is 0 Å². The predicted octanol–water partition coefficient (Wildman–Crippen LogP) is -0.0928. The summed E-state index contributed by atoms with van der Waals surface area (Å²) in [7, 11) is 0. The van der Waals surface area contributed by atoms with Crippen molar-refractivity contribution in [2.24, 2.45) is 0 Å². The molecule has 6 nitrogen and oxygen atoms in total. The van der Waals surface area contributed by atoms with Gasteiger partial charge in [0.1, 0.15) is 12.4 Å². The summed E-state index contributed by atoms with van der Waals surface area (Å²) in [5.41, 5.74) is 0. The molecule has 0 bridgehead atoms. The van der Waals surface area contributed by atoms with Gasteiger partial charge in [0.15, 0.2) is 0 Å². The van der Waals surface area contributed by atoms with E-state index in [1.807, 2.05) is 6.07 Å². The van der Waals surface area contributed by atoms with Gasteiger partial charge in [-0.2, -0.15) is 10.2 Å². The minimum Gasteiger partial charge on any atom is -0.350 e. The molecule has 2 heterocycles. The Morgan fingerprint density at radius 1 is 1.53 bits per heavy atom. The fourth-order valence-corrected chi connectivity index (χ4v) is 1.58. The Hall–Kier alpha value is -1.74. The van der Waals surface area contributed by atoms with Gasteiger partial charge in [-0.25, -0.2) is 9.97 Å². The predicted molar refractivity (Wildman–Crippen MR) is 54.1 cm³/mol. The third-order valence-corrected chi connectivity index (χ3v) is 2.30. The Morgan fingerprint density at radius 2 is 2.47 bits per heavy atom. The molecular weight excluding hydrogens is 192 g/mol. The molecule has 0 spiro atoms. The molecule has 0 aromatic carbocycles. The van der Waals surface area contributed by atoms with E-state index >= 15 is 0 Å². The van der Waals surface area contributed by atoms with Crippen LogP contribution in [-0.4, -0.2) is 34.1 Å². The highest BCUT2D eigenvalue weighted by Gasteiger charge is 2.13. The van der Waals surface area contributed by atoms with E-state index < -0.39 is 0 Å². The molecule has 2 N–H and O–H groups in total. The van der Waals surface area contributed by atoms with Crippen molar-refractivity contribution in [1.82, 2.24) is 20.3 Å². The van der Waals surface area contributed by atoms with Crippen LogP contribution in [0.1, 0.15) is 18.7 Å². The summed E-state index contributed by atoms with van der Waals surface area (Å²) in [6.07, 6.45) is 3.60. The fourth-order valence-electron chi connectivity index (χ4n) is 1.58. The average Bonchev–Trinajstić information content (AvgIpc) is 2.31. The lowest BCUT2D eigenvalue weighted by atomic mass is 10.1. The van der Waals surface area contributed by atoms with Gasteiger partial charge in [-0.3, -0.25) is 0 Å². The van der Waals surface area contributed by atoms with Gasteiger partial charge in [-0.05, 0) is 19.4 Å². The van der Waals surface area contributed by atoms with E-state index in [9.17, 15) is 0 Å². The van der Waals surface area contributed by atoms with Gasteiger partial charge in [0.25, 0.3) is 0 Å². The maximum absolute atomic E-state index is 8.62. The molecule has 6 heteroatoms. The molecule has 0 amide bonds. The van der Waals surface area contributed by atoms with Gasteiger partial charge < -0.3 is 10.6 Å².